The average Bonchev–Trinajstić information content (AvgIpc) is 2.62. The molecular formula is C11H18N4O. The number of carbonyl (C=O) groups is 1. The van der Waals surface area contributed by atoms with Crippen LogP contribution >= 0.6 is 0 Å². The zero-order chi connectivity index (χ0) is 11.5. The number of aromatic nitrogens is 2. The van der Waals surface area contributed by atoms with Crippen LogP contribution in [0.5, 0.6) is 0 Å². The molecule has 0 fully saturated rings. The lowest BCUT2D eigenvalue weighted by Gasteiger charge is -2.23. The molecule has 1 aromatic heterocycles. The second kappa shape index (κ2) is 4.65. The van der Waals surface area contributed by atoms with Gasteiger partial charge in [-0.25, -0.2) is 0 Å². The highest BCUT2D eigenvalue weighted by atomic mass is 16.1. The second-order valence-corrected chi connectivity index (χ2v) is 4.21. The lowest BCUT2D eigenvalue weighted by molar-refractivity contribution is -0.121. The summed E-state index contributed by atoms with van der Waals surface area (Å²) in [5.74, 6) is 0.0456. The van der Waals surface area contributed by atoms with Gasteiger partial charge in [-0.05, 0) is 26.3 Å². The minimum Gasteiger partial charge on any atom is -0.348 e. The number of fused-ring (bicyclic) bond motifs is 1. The zero-order valence-electron chi connectivity index (χ0n) is 9.79. The summed E-state index contributed by atoms with van der Waals surface area (Å²) in [5, 5.41) is 10.1. The minimum absolute atomic E-state index is 0.0456. The van der Waals surface area contributed by atoms with Gasteiger partial charge in [0.25, 0.3) is 0 Å². The van der Waals surface area contributed by atoms with E-state index in [0.29, 0.717) is 6.54 Å². The van der Waals surface area contributed by atoms with Gasteiger partial charge in [0, 0.05) is 18.3 Å². The summed E-state index contributed by atoms with van der Waals surface area (Å²) in [7, 11) is 3.73. The molecule has 88 valence electrons. The van der Waals surface area contributed by atoms with Crippen molar-refractivity contribution in [2.45, 2.75) is 25.3 Å². The Hall–Kier alpha value is -1.36. The van der Waals surface area contributed by atoms with Gasteiger partial charge in [0.15, 0.2) is 0 Å². The molecule has 0 bridgehead atoms. The van der Waals surface area contributed by atoms with E-state index in [1.165, 1.54) is 11.3 Å². The van der Waals surface area contributed by atoms with Crippen LogP contribution in [0, 0.1) is 0 Å². The van der Waals surface area contributed by atoms with Crippen LogP contribution in [0.3, 0.4) is 0 Å². The summed E-state index contributed by atoms with van der Waals surface area (Å²) < 4.78 is 1.91. The molecule has 5 nitrogen and oxygen atoms in total. The molecule has 0 aromatic carbocycles. The third-order valence-corrected chi connectivity index (χ3v) is 3.05. The van der Waals surface area contributed by atoms with Gasteiger partial charge in [-0.1, -0.05) is 0 Å². The molecule has 2 rings (SSSR count). The van der Waals surface area contributed by atoms with E-state index in [4.69, 9.17) is 0 Å². The van der Waals surface area contributed by atoms with Crippen molar-refractivity contribution in [3.05, 3.63) is 17.5 Å². The molecule has 1 heterocycles. The van der Waals surface area contributed by atoms with Crippen molar-refractivity contribution in [1.82, 2.24) is 20.4 Å². The van der Waals surface area contributed by atoms with Gasteiger partial charge in [-0.15, -0.1) is 0 Å². The first kappa shape index (κ1) is 11.1. The molecule has 1 amide bonds. The monoisotopic (exact) mass is 222 g/mol. The summed E-state index contributed by atoms with van der Waals surface area (Å²) in [6.07, 6.45) is 5.05. The Morgan fingerprint density at radius 3 is 3.25 bits per heavy atom. The number of carbonyl (C=O) groups excluding carboxylic acids is 1. The molecule has 1 aliphatic carbocycles. The van der Waals surface area contributed by atoms with E-state index in [-0.39, 0.29) is 11.9 Å². The van der Waals surface area contributed by atoms with E-state index in [9.17, 15) is 4.79 Å². The zero-order valence-corrected chi connectivity index (χ0v) is 9.79. The normalized spacial score (nSPS) is 19.2. The van der Waals surface area contributed by atoms with Crippen LogP contribution in [0.1, 0.15) is 30.1 Å². The molecular weight excluding hydrogens is 204 g/mol. The van der Waals surface area contributed by atoms with E-state index < -0.39 is 0 Å². The maximum atomic E-state index is 11.5. The fourth-order valence-corrected chi connectivity index (χ4v) is 2.26. The van der Waals surface area contributed by atoms with Crippen molar-refractivity contribution < 1.29 is 4.79 Å². The summed E-state index contributed by atoms with van der Waals surface area (Å²) in [6, 6.07) is 0.137. The lowest BCUT2D eigenvalue weighted by atomic mass is 9.93. The molecule has 1 unspecified atom stereocenters. The van der Waals surface area contributed by atoms with Gasteiger partial charge in [-0.2, -0.15) is 5.10 Å². The predicted octanol–water partition coefficient (Wildman–Crippen LogP) is 0.133. The first-order chi connectivity index (χ1) is 7.72. The summed E-state index contributed by atoms with van der Waals surface area (Å²) in [5.41, 5.74) is 2.43. The number of nitrogens with one attached hydrogen (secondary N) is 2. The molecule has 16 heavy (non-hydrogen) atoms. The number of hydrogen-bond acceptors (Lipinski definition) is 3. The van der Waals surface area contributed by atoms with Gasteiger partial charge < -0.3 is 10.6 Å². The van der Waals surface area contributed by atoms with Gasteiger partial charge >= 0.3 is 0 Å². The van der Waals surface area contributed by atoms with E-state index in [1.54, 1.807) is 7.05 Å². The highest BCUT2D eigenvalue weighted by Crippen LogP contribution is 2.28. The fourth-order valence-electron chi connectivity index (χ4n) is 2.26. The quantitative estimate of drug-likeness (QED) is 0.764. The number of nitrogens with zero attached hydrogens (tertiary/aromatic N) is 2. The maximum Gasteiger partial charge on any atom is 0.234 e. The lowest BCUT2D eigenvalue weighted by Crippen LogP contribution is -2.36. The largest absolute Gasteiger partial charge is 0.348 e. The van der Waals surface area contributed by atoms with Crippen LogP contribution in [-0.2, 0) is 18.3 Å². The van der Waals surface area contributed by atoms with E-state index in [1.807, 2.05) is 17.9 Å². The number of hydrogen-bond donors (Lipinski definition) is 2. The minimum atomic E-state index is 0.0456. The van der Waals surface area contributed by atoms with Crippen LogP contribution in [-0.4, -0.2) is 29.3 Å². The topological polar surface area (TPSA) is 59.0 Å². The Labute approximate surface area is 95.2 Å². The predicted molar refractivity (Wildman–Crippen MR) is 61.0 cm³/mol. The van der Waals surface area contributed by atoms with Crippen LogP contribution in [0.25, 0.3) is 0 Å². The highest BCUT2D eigenvalue weighted by Gasteiger charge is 2.24. The SMILES string of the molecule is CNCC(=O)NC1CCCc2c1cnn2C. The fraction of sp³-hybridized carbons (Fsp3) is 0.636. The van der Waals surface area contributed by atoms with Crippen LogP contribution in [0.4, 0.5) is 0 Å². The molecule has 0 aliphatic heterocycles. The Morgan fingerprint density at radius 1 is 1.69 bits per heavy atom. The molecule has 0 radical (unpaired) electrons. The van der Waals surface area contributed by atoms with Crippen molar-refractivity contribution >= 4 is 5.91 Å². The van der Waals surface area contributed by atoms with Crippen molar-refractivity contribution in [2.75, 3.05) is 13.6 Å². The van der Waals surface area contributed by atoms with Crippen molar-refractivity contribution in [3.63, 3.8) is 0 Å². The van der Waals surface area contributed by atoms with Gasteiger partial charge in [0.2, 0.25) is 5.91 Å². The summed E-state index contributed by atoms with van der Waals surface area (Å²) in [6.45, 7) is 0.367. The van der Waals surface area contributed by atoms with Crippen LogP contribution < -0.4 is 10.6 Å². The number of amides is 1. The Bertz CT molecular complexity index is 385. The van der Waals surface area contributed by atoms with Crippen molar-refractivity contribution in [2.24, 2.45) is 7.05 Å². The van der Waals surface area contributed by atoms with E-state index >= 15 is 0 Å². The average molecular weight is 222 g/mol. The van der Waals surface area contributed by atoms with E-state index in [0.717, 1.165) is 19.3 Å². The van der Waals surface area contributed by atoms with Gasteiger partial charge in [0.1, 0.15) is 0 Å². The number of aryl methyl sites for hydroxylation is 1. The first-order valence-corrected chi connectivity index (χ1v) is 5.67. The summed E-state index contributed by atoms with van der Waals surface area (Å²) >= 11 is 0. The number of likely N-dealkylation sites (N-methyl/N-ethyl adjacent to an activating group) is 1. The molecule has 1 aromatic rings. The number of rotatable bonds is 3. The van der Waals surface area contributed by atoms with Gasteiger partial charge in [0.05, 0.1) is 18.8 Å². The van der Waals surface area contributed by atoms with Crippen LogP contribution in [0.2, 0.25) is 0 Å². The summed E-state index contributed by atoms with van der Waals surface area (Å²) in [4.78, 5) is 11.5. The highest BCUT2D eigenvalue weighted by molar-refractivity contribution is 5.78. The third kappa shape index (κ3) is 2.09. The standard InChI is InChI=1S/C11H18N4O/c1-12-7-11(16)14-9-4-3-5-10-8(9)6-13-15(10)2/h6,9,12H,3-5,7H2,1-2H3,(H,14,16). The molecule has 0 saturated heterocycles. The molecule has 0 saturated carbocycles. The van der Waals surface area contributed by atoms with Gasteiger partial charge in [-0.3, -0.25) is 9.48 Å². The Kier molecular flexibility index (Phi) is 3.24. The molecule has 1 atom stereocenters. The van der Waals surface area contributed by atoms with E-state index in [2.05, 4.69) is 15.7 Å². The molecule has 5 heteroatoms. The van der Waals surface area contributed by atoms with Crippen molar-refractivity contribution in [1.29, 1.82) is 0 Å². The van der Waals surface area contributed by atoms with Crippen LogP contribution in [0.15, 0.2) is 6.20 Å². The molecule has 0 spiro atoms. The smallest absolute Gasteiger partial charge is 0.234 e. The molecule has 1 aliphatic rings. The second-order valence-electron chi connectivity index (χ2n) is 4.21. The third-order valence-electron chi connectivity index (χ3n) is 3.05. The first-order valence-electron chi connectivity index (χ1n) is 5.67. The van der Waals surface area contributed by atoms with Crippen molar-refractivity contribution in [3.8, 4) is 0 Å². The maximum absolute atomic E-state index is 11.5. The Balaban J connectivity index is 2.10. The Morgan fingerprint density at radius 2 is 2.50 bits per heavy atom. The molecule has 2 N–H and O–H groups in total.